The first-order valence-electron chi connectivity index (χ1n) is 5.93. The Bertz CT molecular complexity index is 321. The van der Waals surface area contributed by atoms with Crippen LogP contribution in [0, 0.1) is 0 Å². The van der Waals surface area contributed by atoms with Crippen molar-refractivity contribution in [3.8, 4) is 0 Å². The molecular formula is C11H20N2O5. The molecule has 1 fully saturated rings. The number of aliphatic carboxylic acids is 1. The highest BCUT2D eigenvalue weighted by molar-refractivity contribution is 5.83. The van der Waals surface area contributed by atoms with Crippen molar-refractivity contribution in [1.82, 2.24) is 9.80 Å². The normalized spacial score (nSPS) is 25.0. The van der Waals surface area contributed by atoms with Gasteiger partial charge in [0.2, 0.25) is 0 Å². The van der Waals surface area contributed by atoms with E-state index >= 15 is 0 Å². The number of aliphatic hydroxyl groups excluding tert-OH is 2. The van der Waals surface area contributed by atoms with Gasteiger partial charge in [-0.3, -0.25) is 0 Å². The number of nitrogens with zero attached hydrogens (tertiary/aromatic N) is 2. The van der Waals surface area contributed by atoms with E-state index in [0.717, 1.165) is 4.90 Å². The molecule has 0 aromatic heterocycles. The maximum absolute atomic E-state index is 12.0. The summed E-state index contributed by atoms with van der Waals surface area (Å²) in [4.78, 5) is 25.5. The minimum absolute atomic E-state index is 0.0365. The molecule has 0 saturated carbocycles. The van der Waals surface area contributed by atoms with Crippen LogP contribution in [0.3, 0.4) is 0 Å². The number of rotatable bonds is 4. The second kappa shape index (κ2) is 6.01. The van der Waals surface area contributed by atoms with Gasteiger partial charge in [-0.1, -0.05) is 0 Å². The van der Waals surface area contributed by atoms with Gasteiger partial charge in [0.25, 0.3) is 0 Å². The van der Waals surface area contributed by atoms with Crippen molar-refractivity contribution in [3.05, 3.63) is 0 Å². The molecule has 1 unspecified atom stereocenters. The fraction of sp³-hybridized carbons (Fsp3) is 0.818. The molecule has 3 N–H and O–H groups in total. The van der Waals surface area contributed by atoms with E-state index in [4.69, 9.17) is 10.2 Å². The molecule has 1 aliphatic rings. The van der Waals surface area contributed by atoms with Crippen LogP contribution in [-0.4, -0.2) is 75.5 Å². The molecule has 0 aromatic carbocycles. The predicted molar refractivity (Wildman–Crippen MR) is 63.1 cm³/mol. The summed E-state index contributed by atoms with van der Waals surface area (Å²) in [6.45, 7) is 2.00. The zero-order valence-electron chi connectivity index (χ0n) is 10.6. The SMILES string of the molecule is CC(O)CCN(C)C(=O)N1C[C@H](O)C[C@H]1C(=O)O. The van der Waals surface area contributed by atoms with Gasteiger partial charge in [-0.2, -0.15) is 0 Å². The quantitative estimate of drug-likeness (QED) is 0.622. The molecule has 0 aliphatic carbocycles. The van der Waals surface area contributed by atoms with Crippen LogP contribution in [-0.2, 0) is 4.79 Å². The molecule has 7 nitrogen and oxygen atoms in total. The van der Waals surface area contributed by atoms with Crippen molar-refractivity contribution in [3.63, 3.8) is 0 Å². The summed E-state index contributed by atoms with van der Waals surface area (Å²) < 4.78 is 0. The summed E-state index contributed by atoms with van der Waals surface area (Å²) >= 11 is 0. The second-order valence-corrected chi connectivity index (χ2v) is 4.74. The maximum Gasteiger partial charge on any atom is 0.326 e. The van der Waals surface area contributed by atoms with E-state index in [1.54, 1.807) is 14.0 Å². The van der Waals surface area contributed by atoms with Crippen LogP contribution in [0.1, 0.15) is 19.8 Å². The monoisotopic (exact) mass is 260 g/mol. The number of carbonyl (C=O) groups is 2. The minimum Gasteiger partial charge on any atom is -0.480 e. The summed E-state index contributed by atoms with van der Waals surface area (Å²) in [7, 11) is 1.55. The van der Waals surface area contributed by atoms with Crippen LogP contribution in [0.25, 0.3) is 0 Å². The van der Waals surface area contributed by atoms with Crippen molar-refractivity contribution in [1.29, 1.82) is 0 Å². The van der Waals surface area contributed by atoms with Gasteiger partial charge in [0, 0.05) is 26.6 Å². The van der Waals surface area contributed by atoms with Crippen LogP contribution in [0.4, 0.5) is 4.79 Å². The number of urea groups is 1. The van der Waals surface area contributed by atoms with Gasteiger partial charge in [0.1, 0.15) is 6.04 Å². The van der Waals surface area contributed by atoms with Gasteiger partial charge in [0.15, 0.2) is 0 Å². The molecule has 0 bridgehead atoms. The minimum atomic E-state index is -1.11. The van der Waals surface area contributed by atoms with Crippen LogP contribution >= 0.6 is 0 Å². The van der Waals surface area contributed by atoms with Gasteiger partial charge >= 0.3 is 12.0 Å². The Balaban J connectivity index is 2.61. The molecule has 18 heavy (non-hydrogen) atoms. The van der Waals surface area contributed by atoms with E-state index in [0.29, 0.717) is 13.0 Å². The molecule has 1 heterocycles. The van der Waals surface area contributed by atoms with Crippen LogP contribution < -0.4 is 0 Å². The molecular weight excluding hydrogens is 240 g/mol. The topological polar surface area (TPSA) is 101 Å². The molecule has 0 aromatic rings. The highest BCUT2D eigenvalue weighted by atomic mass is 16.4. The van der Waals surface area contributed by atoms with Crippen molar-refractivity contribution >= 4 is 12.0 Å². The van der Waals surface area contributed by atoms with Crippen molar-refractivity contribution < 1.29 is 24.9 Å². The summed E-state index contributed by atoms with van der Waals surface area (Å²) in [6, 6.07) is -1.40. The zero-order chi connectivity index (χ0) is 13.9. The lowest BCUT2D eigenvalue weighted by Gasteiger charge is -2.27. The molecule has 7 heteroatoms. The predicted octanol–water partition coefficient (Wildman–Crippen LogP) is -0.671. The Labute approximate surface area is 106 Å². The number of hydrogen-bond acceptors (Lipinski definition) is 4. The van der Waals surface area contributed by atoms with Crippen LogP contribution in [0.5, 0.6) is 0 Å². The van der Waals surface area contributed by atoms with Crippen LogP contribution in [0.2, 0.25) is 0 Å². The Morgan fingerprint density at radius 2 is 2.11 bits per heavy atom. The smallest absolute Gasteiger partial charge is 0.326 e. The first-order valence-corrected chi connectivity index (χ1v) is 5.93. The molecule has 104 valence electrons. The van der Waals surface area contributed by atoms with Gasteiger partial charge in [0.05, 0.1) is 12.2 Å². The number of aliphatic hydroxyl groups is 2. The number of hydrogen-bond donors (Lipinski definition) is 3. The fourth-order valence-corrected chi connectivity index (χ4v) is 1.95. The lowest BCUT2D eigenvalue weighted by Crippen LogP contribution is -2.47. The third-order valence-electron chi connectivity index (χ3n) is 3.02. The molecule has 0 spiro atoms. The molecule has 0 radical (unpaired) electrons. The standard InChI is InChI=1S/C11H20N2O5/c1-7(14)3-4-12(2)11(18)13-6-8(15)5-9(13)10(16)17/h7-9,14-15H,3-6H2,1-2H3,(H,16,17)/t7?,8-,9+/m1/s1. The third kappa shape index (κ3) is 3.58. The summed E-state index contributed by atoms with van der Waals surface area (Å²) in [5.74, 6) is -1.11. The number of amides is 2. The Morgan fingerprint density at radius 3 is 2.61 bits per heavy atom. The molecule has 1 aliphatic heterocycles. The van der Waals surface area contributed by atoms with Gasteiger partial charge < -0.3 is 25.1 Å². The summed E-state index contributed by atoms with van der Waals surface area (Å²) in [5.41, 5.74) is 0. The number of likely N-dealkylation sites (tertiary alicyclic amines) is 1. The highest BCUT2D eigenvalue weighted by Gasteiger charge is 2.39. The summed E-state index contributed by atoms with van der Waals surface area (Å²) in [6.07, 6.45) is -0.818. The Kier molecular flexibility index (Phi) is 4.92. The fourth-order valence-electron chi connectivity index (χ4n) is 1.95. The largest absolute Gasteiger partial charge is 0.480 e. The average Bonchev–Trinajstić information content (AvgIpc) is 2.67. The van der Waals surface area contributed by atoms with Gasteiger partial charge in [-0.25, -0.2) is 9.59 Å². The molecule has 1 rings (SSSR count). The number of carboxylic acid groups (broad SMARTS) is 1. The second-order valence-electron chi connectivity index (χ2n) is 4.74. The number of carbonyl (C=O) groups excluding carboxylic acids is 1. The molecule has 2 amide bonds. The Hall–Kier alpha value is -1.34. The van der Waals surface area contributed by atoms with E-state index in [2.05, 4.69) is 0 Å². The molecule has 1 saturated heterocycles. The average molecular weight is 260 g/mol. The first-order chi connectivity index (χ1) is 8.32. The third-order valence-corrected chi connectivity index (χ3v) is 3.02. The summed E-state index contributed by atoms with van der Waals surface area (Å²) in [5, 5.41) is 27.6. The van der Waals surface area contributed by atoms with E-state index in [-0.39, 0.29) is 13.0 Å². The van der Waals surface area contributed by atoms with Crippen molar-refractivity contribution in [2.24, 2.45) is 0 Å². The number of carboxylic acids is 1. The van der Waals surface area contributed by atoms with E-state index in [9.17, 15) is 14.7 Å². The maximum atomic E-state index is 12.0. The highest BCUT2D eigenvalue weighted by Crippen LogP contribution is 2.19. The lowest BCUT2D eigenvalue weighted by molar-refractivity contribution is -0.141. The van der Waals surface area contributed by atoms with Gasteiger partial charge in [-0.05, 0) is 13.3 Å². The van der Waals surface area contributed by atoms with E-state index in [1.165, 1.54) is 4.90 Å². The van der Waals surface area contributed by atoms with Gasteiger partial charge in [-0.15, -0.1) is 0 Å². The number of β-amino-alcohol motifs (C(OH)–C–C–N with tert-alkyl or cyclic N) is 1. The zero-order valence-corrected chi connectivity index (χ0v) is 10.6. The van der Waals surface area contributed by atoms with E-state index in [1.807, 2.05) is 0 Å². The lowest BCUT2D eigenvalue weighted by atomic mass is 10.2. The van der Waals surface area contributed by atoms with Crippen molar-refractivity contribution in [2.75, 3.05) is 20.1 Å². The first kappa shape index (κ1) is 14.7. The molecule has 3 atom stereocenters. The van der Waals surface area contributed by atoms with Crippen LogP contribution in [0.15, 0.2) is 0 Å². The van der Waals surface area contributed by atoms with Crippen molar-refractivity contribution in [2.45, 2.75) is 38.0 Å². The Morgan fingerprint density at radius 1 is 1.50 bits per heavy atom. The van der Waals surface area contributed by atoms with E-state index < -0.39 is 30.3 Å².